The van der Waals surface area contributed by atoms with E-state index in [4.69, 9.17) is 9.47 Å². The Balaban J connectivity index is 0.989. The van der Waals surface area contributed by atoms with Crippen molar-refractivity contribution in [3.8, 4) is 23.3 Å². The summed E-state index contributed by atoms with van der Waals surface area (Å²) in [4.78, 5) is 48.5. The van der Waals surface area contributed by atoms with Crippen molar-refractivity contribution in [2.45, 2.75) is 38.0 Å². The number of ketones is 1. The Morgan fingerprint density at radius 3 is 2.04 bits per heavy atom. The molecule has 0 saturated heterocycles. The van der Waals surface area contributed by atoms with Gasteiger partial charge in [0, 0.05) is 25.2 Å². The minimum atomic E-state index is -0.328. The number of H-pyrrole nitrogens is 1. The lowest BCUT2D eigenvalue weighted by Gasteiger charge is -2.13. The van der Waals surface area contributed by atoms with E-state index in [0.717, 1.165) is 45.9 Å². The first kappa shape index (κ1) is 35.6. The summed E-state index contributed by atoms with van der Waals surface area (Å²) in [5, 5.41) is 20.5. The van der Waals surface area contributed by atoms with Gasteiger partial charge in [-0.05, 0) is 65.1 Å². The molecule has 6 rings (SSSR count). The van der Waals surface area contributed by atoms with Crippen LogP contribution in [0.4, 0.5) is 0 Å². The number of aromatic nitrogens is 4. The second kappa shape index (κ2) is 16.2. The highest BCUT2D eigenvalue weighted by Gasteiger charge is 2.17. The van der Waals surface area contributed by atoms with E-state index in [1.165, 1.54) is 16.3 Å². The number of nitrogens with zero attached hydrogens (tertiary/aromatic N) is 3. The van der Waals surface area contributed by atoms with Crippen LogP contribution < -0.4 is 19.2 Å². The number of aryl methyl sites for hydroxylation is 1. The quantitative estimate of drug-likeness (QED) is 0.0736. The molecule has 1 atom stereocenters. The highest BCUT2D eigenvalue weighted by molar-refractivity contribution is 7.80. The summed E-state index contributed by atoms with van der Waals surface area (Å²) >= 11 is 6.56. The zero-order valence-electron chi connectivity index (χ0n) is 27.4. The fraction of sp³-hybridized carbons (Fsp3) is 0.216. The molecule has 262 valence electrons. The third kappa shape index (κ3) is 9.14. The number of carbonyl (C=O) groups is 1. The second-order valence-corrected chi connectivity index (χ2v) is 14.4. The Morgan fingerprint density at radius 2 is 1.45 bits per heavy atom. The van der Waals surface area contributed by atoms with Gasteiger partial charge in [-0.2, -0.15) is 12.6 Å². The molecular weight excluding hydrogens is 709 g/mol. The predicted molar refractivity (Wildman–Crippen MR) is 199 cm³/mol. The molecule has 0 aliphatic heterocycles. The number of nitrogens with one attached hydrogen (secondary N) is 1. The first-order valence-electron chi connectivity index (χ1n) is 16.0. The van der Waals surface area contributed by atoms with Crippen molar-refractivity contribution in [2.75, 3.05) is 13.2 Å². The Labute approximate surface area is 306 Å². The number of thiazole rings is 2. The lowest BCUT2D eigenvalue weighted by atomic mass is 10.1. The number of rotatable bonds is 15. The van der Waals surface area contributed by atoms with Crippen molar-refractivity contribution in [3.63, 3.8) is 0 Å². The maximum Gasteiger partial charge on any atom is 0.310 e. The molecule has 11 nitrogen and oxygen atoms in total. The number of aromatic hydroxyl groups is 2. The minimum absolute atomic E-state index is 0.0938. The standard InChI is InChI=1S/C37H34N4O7S3/c1-2-22-7-14-29(39-17-22)31(49)21-48-27-11-5-24(6-12-27)16-33-35(44)41(37(46)51-33)19-25-8-13-28(38-18-25)30(42)20-47-26-9-3-23(4-10-26)15-32-34(43)40-36(45)50-32/h3-14,17-18,31,43-44,49H,2,15-16,19-21H2,1H3,(H,40,45). The fourth-order valence-electron chi connectivity index (χ4n) is 5.14. The van der Waals surface area contributed by atoms with Gasteiger partial charge < -0.3 is 19.7 Å². The van der Waals surface area contributed by atoms with Gasteiger partial charge in [0.1, 0.15) is 23.8 Å². The Morgan fingerprint density at radius 1 is 0.824 bits per heavy atom. The van der Waals surface area contributed by atoms with Gasteiger partial charge in [0.2, 0.25) is 17.5 Å². The topological polar surface area (TPSA) is 157 Å². The zero-order chi connectivity index (χ0) is 35.9. The summed E-state index contributed by atoms with van der Waals surface area (Å²) in [6.07, 6.45) is 5.04. The predicted octanol–water partition coefficient (Wildman–Crippen LogP) is 5.96. The molecule has 6 aromatic rings. The molecule has 2 aromatic carbocycles. The van der Waals surface area contributed by atoms with E-state index >= 15 is 0 Å². The van der Waals surface area contributed by atoms with Crippen LogP contribution in [0.3, 0.4) is 0 Å². The van der Waals surface area contributed by atoms with E-state index in [2.05, 4.69) is 34.5 Å². The van der Waals surface area contributed by atoms with Crippen molar-refractivity contribution in [3.05, 3.63) is 148 Å². The van der Waals surface area contributed by atoms with Gasteiger partial charge in [0.25, 0.3) is 0 Å². The number of pyridine rings is 2. The number of carbonyl (C=O) groups excluding carboxylic acids is 1. The van der Waals surface area contributed by atoms with Gasteiger partial charge >= 0.3 is 9.75 Å². The molecular formula is C37H34N4O7S3. The Bertz CT molecular complexity index is 2210. The zero-order valence-corrected chi connectivity index (χ0v) is 30.0. The van der Waals surface area contributed by atoms with Gasteiger partial charge in [-0.1, -0.05) is 66.0 Å². The molecule has 0 aliphatic carbocycles. The van der Waals surface area contributed by atoms with Crippen LogP contribution in [0.2, 0.25) is 0 Å². The van der Waals surface area contributed by atoms with Crippen molar-refractivity contribution < 1.29 is 24.5 Å². The third-order valence-corrected chi connectivity index (χ3v) is 10.3. The number of Topliss-reactive ketones (excluding diaryl/α,β-unsaturated/α-hetero) is 1. The van der Waals surface area contributed by atoms with E-state index in [1.807, 2.05) is 42.6 Å². The number of ether oxygens (including phenoxy) is 2. The van der Waals surface area contributed by atoms with Crippen molar-refractivity contribution >= 4 is 41.1 Å². The van der Waals surface area contributed by atoms with Crippen LogP contribution in [-0.4, -0.2) is 48.7 Å². The Hall–Kier alpha value is -5.18. The first-order valence-corrected chi connectivity index (χ1v) is 18.2. The molecule has 4 heterocycles. The van der Waals surface area contributed by atoms with E-state index in [0.29, 0.717) is 46.3 Å². The largest absolute Gasteiger partial charge is 0.494 e. The van der Waals surface area contributed by atoms with Crippen LogP contribution in [0.25, 0.3) is 0 Å². The van der Waals surface area contributed by atoms with Gasteiger partial charge in [-0.25, -0.2) is 0 Å². The van der Waals surface area contributed by atoms with Crippen molar-refractivity contribution in [1.82, 2.24) is 19.5 Å². The molecule has 4 aromatic heterocycles. The minimum Gasteiger partial charge on any atom is -0.494 e. The van der Waals surface area contributed by atoms with Crippen LogP contribution in [0.1, 0.15) is 60.4 Å². The molecule has 3 N–H and O–H groups in total. The number of hydrogen-bond acceptors (Lipinski definition) is 12. The SMILES string of the molecule is CCc1ccc(C(S)COc2ccc(Cc3sc(=O)n(Cc4ccc(C(=O)COc5ccc(Cc6sc(=O)[nH]c6O)cc5)nc4)c3O)cc2)nc1. The van der Waals surface area contributed by atoms with E-state index in [-0.39, 0.29) is 51.4 Å². The lowest BCUT2D eigenvalue weighted by Crippen LogP contribution is -2.15. The average molecular weight is 743 g/mol. The van der Waals surface area contributed by atoms with Gasteiger partial charge in [-0.15, -0.1) is 0 Å². The van der Waals surface area contributed by atoms with Crippen LogP contribution in [0.5, 0.6) is 23.3 Å². The van der Waals surface area contributed by atoms with E-state index < -0.39 is 0 Å². The van der Waals surface area contributed by atoms with Crippen molar-refractivity contribution in [2.24, 2.45) is 0 Å². The molecule has 51 heavy (non-hydrogen) atoms. The van der Waals surface area contributed by atoms with Crippen LogP contribution >= 0.6 is 35.3 Å². The highest BCUT2D eigenvalue weighted by Crippen LogP contribution is 2.27. The van der Waals surface area contributed by atoms with Gasteiger partial charge in [-0.3, -0.25) is 33.9 Å². The molecule has 0 fully saturated rings. The van der Waals surface area contributed by atoms with E-state index in [9.17, 15) is 24.6 Å². The highest BCUT2D eigenvalue weighted by atomic mass is 32.1. The average Bonchev–Trinajstić information content (AvgIpc) is 3.61. The van der Waals surface area contributed by atoms with Gasteiger partial charge in [0.05, 0.1) is 27.2 Å². The smallest absolute Gasteiger partial charge is 0.310 e. The third-order valence-electron chi connectivity index (χ3n) is 8.04. The number of aromatic amines is 1. The number of thiol groups is 1. The molecule has 14 heteroatoms. The monoisotopic (exact) mass is 742 g/mol. The number of benzene rings is 2. The van der Waals surface area contributed by atoms with Crippen LogP contribution in [-0.2, 0) is 25.8 Å². The molecule has 0 spiro atoms. The maximum absolute atomic E-state index is 12.8. The van der Waals surface area contributed by atoms with Crippen molar-refractivity contribution in [1.29, 1.82) is 0 Å². The summed E-state index contributed by atoms with van der Waals surface area (Å²) < 4.78 is 12.8. The fourth-order valence-corrected chi connectivity index (χ4v) is 7.04. The van der Waals surface area contributed by atoms with E-state index in [1.54, 1.807) is 36.4 Å². The number of hydrogen-bond donors (Lipinski definition) is 4. The summed E-state index contributed by atoms with van der Waals surface area (Å²) in [7, 11) is 0. The maximum atomic E-state index is 12.8. The molecule has 0 radical (unpaired) electrons. The second-order valence-electron chi connectivity index (χ2n) is 11.7. The van der Waals surface area contributed by atoms with Crippen LogP contribution in [0.15, 0.2) is 94.8 Å². The van der Waals surface area contributed by atoms with Crippen LogP contribution in [0, 0.1) is 0 Å². The molecule has 0 saturated carbocycles. The molecule has 1 unspecified atom stereocenters. The molecule has 0 bridgehead atoms. The Kier molecular flexibility index (Phi) is 11.3. The summed E-state index contributed by atoms with van der Waals surface area (Å²) in [5.41, 5.74) is 4.64. The summed E-state index contributed by atoms with van der Waals surface area (Å²) in [6, 6.07) is 21.8. The normalized spacial score (nSPS) is 11.7. The summed E-state index contributed by atoms with van der Waals surface area (Å²) in [5.74, 6) is 0.599. The summed E-state index contributed by atoms with van der Waals surface area (Å²) in [6.45, 7) is 2.31. The molecule has 0 aliphatic rings. The first-order chi connectivity index (χ1) is 24.6. The van der Waals surface area contributed by atoms with Gasteiger partial charge in [0.15, 0.2) is 6.61 Å². The lowest BCUT2D eigenvalue weighted by molar-refractivity contribution is 0.0916. The molecule has 0 amide bonds.